The van der Waals surface area contributed by atoms with Crippen molar-refractivity contribution >= 4 is 28.3 Å². The lowest BCUT2D eigenvalue weighted by Crippen LogP contribution is -1.92. The van der Waals surface area contributed by atoms with E-state index in [0.29, 0.717) is 10.8 Å². The summed E-state index contributed by atoms with van der Waals surface area (Å²) in [5.41, 5.74) is 6.22. The number of rotatable bonds is 0. The Morgan fingerprint density at radius 2 is 2.00 bits per heavy atom. The largest absolute Gasteiger partial charge is 0.382 e. The van der Waals surface area contributed by atoms with E-state index in [1.807, 2.05) is 6.07 Å². The summed E-state index contributed by atoms with van der Waals surface area (Å²) in [4.78, 5) is 0. The highest BCUT2D eigenvalue weighted by atomic mass is 35.5. The normalized spacial score (nSPS) is 10.4. The fourth-order valence-electron chi connectivity index (χ4n) is 1.03. The van der Waals surface area contributed by atoms with E-state index in [1.165, 1.54) is 0 Å². The molecule has 2 aromatic rings. The second-order valence-corrected chi connectivity index (χ2v) is 2.91. The first-order valence-electron chi connectivity index (χ1n) is 3.44. The predicted octanol–water partition coefficient (Wildman–Crippen LogP) is 1.87. The van der Waals surface area contributed by atoms with Crippen LogP contribution in [0.15, 0.2) is 24.3 Å². The quantitative estimate of drug-likeness (QED) is 0.672. The Morgan fingerprint density at radius 3 is 2.83 bits per heavy atom. The van der Waals surface area contributed by atoms with Crippen molar-refractivity contribution in [3.8, 4) is 0 Å². The number of halogens is 1. The fourth-order valence-corrected chi connectivity index (χ4v) is 1.19. The molecule has 1 heterocycles. The monoisotopic (exact) mass is 179 g/mol. The van der Waals surface area contributed by atoms with Crippen LogP contribution in [0, 0.1) is 0 Å². The van der Waals surface area contributed by atoms with Crippen molar-refractivity contribution in [2.24, 2.45) is 0 Å². The van der Waals surface area contributed by atoms with Gasteiger partial charge in [-0.05, 0) is 18.2 Å². The molecule has 0 bridgehead atoms. The molecule has 0 unspecified atom stereocenters. The molecule has 1 aromatic heterocycles. The minimum atomic E-state index is 0.421. The molecule has 4 heteroatoms. The molecule has 0 saturated heterocycles. The van der Waals surface area contributed by atoms with Crippen molar-refractivity contribution in [1.82, 2.24) is 10.2 Å². The van der Waals surface area contributed by atoms with Gasteiger partial charge in [-0.25, -0.2) is 0 Å². The molecule has 0 radical (unpaired) electrons. The van der Waals surface area contributed by atoms with Crippen LogP contribution >= 0.6 is 11.6 Å². The Kier molecular flexibility index (Phi) is 1.59. The summed E-state index contributed by atoms with van der Waals surface area (Å²) in [5.74, 6) is 0.421. The van der Waals surface area contributed by atoms with Crippen LogP contribution < -0.4 is 5.73 Å². The number of fused-ring (bicyclic) bond motifs is 1. The van der Waals surface area contributed by atoms with Crippen LogP contribution in [0.2, 0.25) is 5.02 Å². The van der Waals surface area contributed by atoms with Crippen LogP contribution in [0.4, 0.5) is 5.82 Å². The maximum Gasteiger partial charge on any atom is 0.146 e. The fraction of sp³-hybridized carbons (Fsp3) is 0. The summed E-state index contributed by atoms with van der Waals surface area (Å²) in [6, 6.07) is 7.18. The molecule has 0 aliphatic carbocycles. The van der Waals surface area contributed by atoms with Gasteiger partial charge in [-0.1, -0.05) is 17.7 Å². The van der Waals surface area contributed by atoms with E-state index >= 15 is 0 Å². The van der Waals surface area contributed by atoms with Crippen LogP contribution in [0.3, 0.4) is 0 Å². The van der Waals surface area contributed by atoms with E-state index in [1.54, 1.807) is 18.2 Å². The van der Waals surface area contributed by atoms with Gasteiger partial charge in [0.15, 0.2) is 0 Å². The average Bonchev–Trinajstić information content (AvgIpc) is 2.05. The Labute approximate surface area is 74.2 Å². The number of anilines is 1. The number of hydrogen-bond acceptors (Lipinski definition) is 3. The van der Waals surface area contributed by atoms with E-state index < -0.39 is 0 Å². The molecule has 1 aromatic carbocycles. The molecule has 2 N–H and O–H groups in total. The van der Waals surface area contributed by atoms with Crippen LogP contribution in [0.25, 0.3) is 10.9 Å². The first kappa shape index (κ1) is 7.31. The lowest BCUT2D eigenvalue weighted by atomic mass is 10.2. The van der Waals surface area contributed by atoms with Gasteiger partial charge in [0.1, 0.15) is 5.82 Å². The third kappa shape index (κ3) is 1.19. The molecule has 0 amide bonds. The van der Waals surface area contributed by atoms with Crippen LogP contribution in [-0.4, -0.2) is 10.2 Å². The van der Waals surface area contributed by atoms with Gasteiger partial charge in [-0.15, -0.1) is 10.2 Å². The highest BCUT2D eigenvalue weighted by Crippen LogP contribution is 2.17. The summed E-state index contributed by atoms with van der Waals surface area (Å²) in [6.45, 7) is 0. The highest BCUT2D eigenvalue weighted by Gasteiger charge is 1.96. The molecular formula is C8H6ClN3. The molecule has 0 aliphatic heterocycles. The van der Waals surface area contributed by atoms with Crippen LogP contribution in [0.1, 0.15) is 0 Å². The lowest BCUT2D eigenvalue weighted by molar-refractivity contribution is 1.09. The first-order valence-corrected chi connectivity index (χ1v) is 3.82. The number of benzene rings is 1. The second kappa shape index (κ2) is 2.60. The van der Waals surface area contributed by atoms with Gasteiger partial charge in [0.05, 0.1) is 5.52 Å². The summed E-state index contributed by atoms with van der Waals surface area (Å²) in [6.07, 6.45) is 0. The second-order valence-electron chi connectivity index (χ2n) is 2.47. The topological polar surface area (TPSA) is 51.8 Å². The zero-order valence-electron chi connectivity index (χ0n) is 6.16. The molecule has 0 spiro atoms. The molecule has 0 fully saturated rings. The summed E-state index contributed by atoms with van der Waals surface area (Å²) < 4.78 is 0. The third-order valence-corrected chi connectivity index (χ3v) is 1.80. The zero-order chi connectivity index (χ0) is 8.55. The van der Waals surface area contributed by atoms with Crippen LogP contribution in [0.5, 0.6) is 0 Å². The van der Waals surface area contributed by atoms with Gasteiger partial charge in [0.2, 0.25) is 0 Å². The summed E-state index contributed by atoms with van der Waals surface area (Å²) in [7, 11) is 0. The number of nitrogens with two attached hydrogens (primary N) is 1. The van der Waals surface area contributed by atoms with Gasteiger partial charge >= 0.3 is 0 Å². The smallest absolute Gasteiger partial charge is 0.146 e. The van der Waals surface area contributed by atoms with Gasteiger partial charge in [0, 0.05) is 10.4 Å². The van der Waals surface area contributed by atoms with Crippen molar-refractivity contribution in [2.45, 2.75) is 0 Å². The van der Waals surface area contributed by atoms with Crippen molar-refractivity contribution in [3.05, 3.63) is 29.3 Å². The Hall–Kier alpha value is -1.35. The van der Waals surface area contributed by atoms with Crippen molar-refractivity contribution in [2.75, 3.05) is 5.73 Å². The minimum Gasteiger partial charge on any atom is -0.382 e. The number of aromatic nitrogens is 2. The Balaban J connectivity index is 2.79. The maximum atomic E-state index is 5.76. The van der Waals surface area contributed by atoms with E-state index in [9.17, 15) is 0 Å². The molecule has 2 rings (SSSR count). The van der Waals surface area contributed by atoms with Crippen LogP contribution in [-0.2, 0) is 0 Å². The average molecular weight is 180 g/mol. The molecule has 0 saturated carbocycles. The molecule has 0 atom stereocenters. The maximum absolute atomic E-state index is 5.76. The summed E-state index contributed by atoms with van der Waals surface area (Å²) in [5, 5.41) is 9.20. The number of hydrogen-bond donors (Lipinski definition) is 1. The minimum absolute atomic E-state index is 0.421. The van der Waals surface area contributed by atoms with E-state index in [2.05, 4.69) is 10.2 Å². The SMILES string of the molecule is Nc1cc2ccc(Cl)cc2nn1. The van der Waals surface area contributed by atoms with Crippen molar-refractivity contribution in [3.63, 3.8) is 0 Å². The number of nitrogen functional groups attached to an aromatic ring is 1. The molecule has 0 aliphatic rings. The Morgan fingerprint density at radius 1 is 1.17 bits per heavy atom. The van der Waals surface area contributed by atoms with Gasteiger partial charge < -0.3 is 5.73 Å². The predicted molar refractivity (Wildman–Crippen MR) is 49.0 cm³/mol. The van der Waals surface area contributed by atoms with E-state index in [4.69, 9.17) is 17.3 Å². The van der Waals surface area contributed by atoms with Gasteiger partial charge in [0.25, 0.3) is 0 Å². The highest BCUT2D eigenvalue weighted by molar-refractivity contribution is 6.31. The third-order valence-electron chi connectivity index (χ3n) is 1.57. The molecule has 3 nitrogen and oxygen atoms in total. The zero-order valence-corrected chi connectivity index (χ0v) is 6.92. The van der Waals surface area contributed by atoms with E-state index in [-0.39, 0.29) is 0 Å². The summed E-state index contributed by atoms with van der Waals surface area (Å²) >= 11 is 5.76. The van der Waals surface area contributed by atoms with Crippen molar-refractivity contribution in [1.29, 1.82) is 0 Å². The molecule has 12 heavy (non-hydrogen) atoms. The van der Waals surface area contributed by atoms with Gasteiger partial charge in [-0.2, -0.15) is 0 Å². The van der Waals surface area contributed by atoms with E-state index in [0.717, 1.165) is 10.9 Å². The Bertz CT molecular complexity index is 386. The number of nitrogens with zero attached hydrogens (tertiary/aromatic N) is 2. The standard InChI is InChI=1S/C8H6ClN3/c9-6-2-1-5-3-8(10)12-11-7(5)4-6/h1-4H,(H2,10,12). The lowest BCUT2D eigenvalue weighted by Gasteiger charge is -1.96. The van der Waals surface area contributed by atoms with Gasteiger partial charge in [-0.3, -0.25) is 0 Å². The van der Waals surface area contributed by atoms with Crippen molar-refractivity contribution < 1.29 is 0 Å². The molecule has 60 valence electrons. The first-order chi connectivity index (χ1) is 5.75. The molecular weight excluding hydrogens is 174 g/mol.